The molecule has 0 aliphatic rings. The van der Waals surface area contributed by atoms with Crippen LogP contribution in [-0.4, -0.2) is 15.9 Å². The fourth-order valence-corrected chi connectivity index (χ4v) is 1.52. The predicted octanol–water partition coefficient (Wildman–Crippen LogP) is 2.99. The van der Waals surface area contributed by atoms with Gasteiger partial charge >= 0.3 is 6.18 Å². The number of alkyl halides is 3. The van der Waals surface area contributed by atoms with E-state index in [0.29, 0.717) is 5.69 Å². The highest BCUT2D eigenvalue weighted by atomic mass is 19.4. The van der Waals surface area contributed by atoms with Gasteiger partial charge in [-0.1, -0.05) is 0 Å². The number of aromatic amines is 1. The van der Waals surface area contributed by atoms with Gasteiger partial charge in [0.15, 0.2) is 0 Å². The van der Waals surface area contributed by atoms with Gasteiger partial charge in [-0.2, -0.15) is 13.2 Å². The number of benzene rings is 1. The SMILES string of the molecule is Cc1[nH]cnc1C(=O)Nc1ccc(C(F)(F)F)cc1. The van der Waals surface area contributed by atoms with Gasteiger partial charge in [0, 0.05) is 11.4 Å². The molecule has 4 nitrogen and oxygen atoms in total. The normalized spacial score (nSPS) is 11.4. The van der Waals surface area contributed by atoms with Crippen LogP contribution in [0.1, 0.15) is 21.7 Å². The average molecular weight is 269 g/mol. The Hall–Kier alpha value is -2.31. The number of rotatable bonds is 2. The number of hydrogen-bond acceptors (Lipinski definition) is 2. The van der Waals surface area contributed by atoms with Crippen LogP contribution in [0.25, 0.3) is 0 Å². The van der Waals surface area contributed by atoms with Crippen molar-refractivity contribution >= 4 is 11.6 Å². The van der Waals surface area contributed by atoms with Crippen LogP contribution in [-0.2, 0) is 6.18 Å². The quantitative estimate of drug-likeness (QED) is 0.880. The smallest absolute Gasteiger partial charge is 0.348 e. The first-order valence-electron chi connectivity index (χ1n) is 5.36. The number of carbonyl (C=O) groups excluding carboxylic acids is 1. The lowest BCUT2D eigenvalue weighted by molar-refractivity contribution is -0.137. The van der Waals surface area contributed by atoms with E-state index < -0.39 is 17.6 Å². The third-order valence-corrected chi connectivity index (χ3v) is 2.52. The van der Waals surface area contributed by atoms with Crippen molar-refractivity contribution in [1.29, 1.82) is 0 Å². The molecule has 2 rings (SSSR count). The first-order valence-corrected chi connectivity index (χ1v) is 5.36. The number of amides is 1. The topological polar surface area (TPSA) is 57.8 Å². The Labute approximate surface area is 106 Å². The van der Waals surface area contributed by atoms with Crippen molar-refractivity contribution in [2.24, 2.45) is 0 Å². The predicted molar refractivity (Wildman–Crippen MR) is 62.7 cm³/mol. The highest BCUT2D eigenvalue weighted by molar-refractivity contribution is 6.03. The summed E-state index contributed by atoms with van der Waals surface area (Å²) < 4.78 is 37.1. The largest absolute Gasteiger partial charge is 0.416 e. The Morgan fingerprint density at radius 3 is 2.37 bits per heavy atom. The molecule has 7 heteroatoms. The standard InChI is InChI=1S/C12H10F3N3O/c1-7-10(17-6-16-7)11(19)18-9-4-2-8(3-5-9)12(13,14)15/h2-6H,1H3,(H,16,17)(H,18,19). The molecule has 0 aliphatic heterocycles. The number of halogens is 3. The van der Waals surface area contributed by atoms with Crippen molar-refractivity contribution in [2.45, 2.75) is 13.1 Å². The van der Waals surface area contributed by atoms with Gasteiger partial charge < -0.3 is 10.3 Å². The summed E-state index contributed by atoms with van der Waals surface area (Å²) in [6, 6.07) is 4.21. The van der Waals surface area contributed by atoms with Gasteiger partial charge in [-0.05, 0) is 31.2 Å². The number of carbonyl (C=O) groups is 1. The highest BCUT2D eigenvalue weighted by Crippen LogP contribution is 2.29. The molecule has 2 N–H and O–H groups in total. The van der Waals surface area contributed by atoms with Crippen LogP contribution in [0.3, 0.4) is 0 Å². The Kier molecular flexibility index (Phi) is 3.28. The van der Waals surface area contributed by atoms with Crippen molar-refractivity contribution in [2.75, 3.05) is 5.32 Å². The van der Waals surface area contributed by atoms with Crippen LogP contribution in [0.4, 0.5) is 18.9 Å². The second-order valence-electron chi connectivity index (χ2n) is 3.91. The van der Waals surface area contributed by atoms with Crippen LogP contribution in [0, 0.1) is 6.92 Å². The van der Waals surface area contributed by atoms with Gasteiger partial charge in [0.2, 0.25) is 0 Å². The fourth-order valence-electron chi connectivity index (χ4n) is 1.52. The summed E-state index contributed by atoms with van der Waals surface area (Å²) in [7, 11) is 0. The average Bonchev–Trinajstić information content (AvgIpc) is 2.75. The van der Waals surface area contributed by atoms with E-state index in [2.05, 4.69) is 15.3 Å². The molecule has 1 heterocycles. The van der Waals surface area contributed by atoms with Crippen LogP contribution in [0.5, 0.6) is 0 Å². The summed E-state index contributed by atoms with van der Waals surface area (Å²) in [6.45, 7) is 1.68. The molecule has 0 unspecified atom stereocenters. The minimum Gasteiger partial charge on any atom is -0.348 e. The molecule has 0 saturated heterocycles. The lowest BCUT2D eigenvalue weighted by atomic mass is 10.2. The third kappa shape index (κ3) is 2.93. The maximum atomic E-state index is 12.4. The highest BCUT2D eigenvalue weighted by Gasteiger charge is 2.30. The summed E-state index contributed by atoms with van der Waals surface area (Å²) in [5.74, 6) is -0.474. The maximum absolute atomic E-state index is 12.4. The zero-order valence-corrected chi connectivity index (χ0v) is 9.88. The molecule has 0 bridgehead atoms. The zero-order valence-electron chi connectivity index (χ0n) is 9.88. The summed E-state index contributed by atoms with van der Waals surface area (Å²) in [4.78, 5) is 18.3. The molecular formula is C12H10F3N3O. The monoisotopic (exact) mass is 269 g/mol. The summed E-state index contributed by atoms with van der Waals surface area (Å²) in [5.41, 5.74) is 0.311. The van der Waals surface area contributed by atoms with Gasteiger partial charge in [-0.3, -0.25) is 4.79 Å². The number of nitrogens with zero attached hydrogens (tertiary/aromatic N) is 1. The van der Waals surface area contributed by atoms with E-state index in [0.717, 1.165) is 12.1 Å². The van der Waals surface area contributed by atoms with Gasteiger partial charge in [-0.15, -0.1) is 0 Å². The Balaban J connectivity index is 2.12. The molecule has 0 atom stereocenters. The molecule has 0 fully saturated rings. The van der Waals surface area contributed by atoms with Crippen LogP contribution >= 0.6 is 0 Å². The number of aromatic nitrogens is 2. The molecular weight excluding hydrogens is 259 g/mol. The Morgan fingerprint density at radius 1 is 1.26 bits per heavy atom. The molecule has 0 aliphatic carbocycles. The molecule has 0 spiro atoms. The first-order chi connectivity index (χ1) is 8.88. The lowest BCUT2D eigenvalue weighted by Gasteiger charge is -2.08. The van der Waals surface area contributed by atoms with Gasteiger partial charge in [0.25, 0.3) is 5.91 Å². The van der Waals surface area contributed by atoms with Gasteiger partial charge in [-0.25, -0.2) is 4.98 Å². The molecule has 19 heavy (non-hydrogen) atoms. The van der Waals surface area contributed by atoms with Crippen LogP contribution in [0.2, 0.25) is 0 Å². The minimum atomic E-state index is -4.39. The van der Waals surface area contributed by atoms with E-state index in [1.165, 1.54) is 18.5 Å². The number of anilines is 1. The van der Waals surface area contributed by atoms with Gasteiger partial charge in [0.05, 0.1) is 11.9 Å². The van der Waals surface area contributed by atoms with Crippen molar-refractivity contribution in [3.63, 3.8) is 0 Å². The molecule has 0 saturated carbocycles. The van der Waals surface area contributed by atoms with Crippen LogP contribution < -0.4 is 5.32 Å². The molecule has 0 radical (unpaired) electrons. The van der Waals surface area contributed by atoms with E-state index in [9.17, 15) is 18.0 Å². The molecule has 1 aromatic heterocycles. The second-order valence-corrected chi connectivity index (χ2v) is 3.91. The molecule has 100 valence electrons. The van der Waals surface area contributed by atoms with E-state index in [4.69, 9.17) is 0 Å². The number of nitrogens with one attached hydrogen (secondary N) is 2. The fraction of sp³-hybridized carbons (Fsp3) is 0.167. The molecule has 1 aromatic carbocycles. The van der Waals surface area contributed by atoms with E-state index in [-0.39, 0.29) is 11.4 Å². The van der Waals surface area contributed by atoms with Crippen molar-refractivity contribution in [1.82, 2.24) is 9.97 Å². The summed E-state index contributed by atoms with van der Waals surface area (Å²) in [5, 5.41) is 2.48. The summed E-state index contributed by atoms with van der Waals surface area (Å²) >= 11 is 0. The number of imidazole rings is 1. The van der Waals surface area contributed by atoms with E-state index in [1.807, 2.05) is 0 Å². The van der Waals surface area contributed by atoms with Crippen molar-refractivity contribution < 1.29 is 18.0 Å². The van der Waals surface area contributed by atoms with Crippen molar-refractivity contribution in [3.8, 4) is 0 Å². The number of H-pyrrole nitrogens is 1. The zero-order chi connectivity index (χ0) is 14.0. The maximum Gasteiger partial charge on any atom is 0.416 e. The Bertz CT molecular complexity index is 587. The molecule has 2 aromatic rings. The third-order valence-electron chi connectivity index (χ3n) is 2.52. The minimum absolute atomic E-state index is 0.208. The number of hydrogen-bond donors (Lipinski definition) is 2. The van der Waals surface area contributed by atoms with Crippen molar-refractivity contribution in [3.05, 3.63) is 47.5 Å². The lowest BCUT2D eigenvalue weighted by Crippen LogP contribution is -2.14. The number of aryl methyl sites for hydroxylation is 1. The van der Waals surface area contributed by atoms with Gasteiger partial charge in [0.1, 0.15) is 5.69 Å². The first kappa shape index (κ1) is 13.1. The van der Waals surface area contributed by atoms with E-state index in [1.54, 1.807) is 6.92 Å². The van der Waals surface area contributed by atoms with E-state index >= 15 is 0 Å². The Morgan fingerprint density at radius 2 is 1.89 bits per heavy atom. The summed E-state index contributed by atoms with van der Waals surface area (Å²) in [6.07, 6.45) is -3.02. The van der Waals surface area contributed by atoms with Crippen LogP contribution in [0.15, 0.2) is 30.6 Å². The second kappa shape index (κ2) is 4.75. The molecule has 1 amide bonds.